The van der Waals surface area contributed by atoms with Crippen molar-refractivity contribution in [2.45, 2.75) is 46.5 Å². The molecule has 1 amide bonds. The van der Waals surface area contributed by atoms with Crippen LogP contribution in [0.3, 0.4) is 0 Å². The highest BCUT2D eigenvalue weighted by molar-refractivity contribution is 5.78. The van der Waals surface area contributed by atoms with Crippen molar-refractivity contribution in [1.29, 1.82) is 0 Å². The predicted molar refractivity (Wildman–Crippen MR) is 91.5 cm³/mol. The monoisotopic (exact) mass is 334 g/mol. The number of carbonyl (C=O) groups is 1. The highest BCUT2D eigenvalue weighted by Gasteiger charge is 2.55. The van der Waals surface area contributed by atoms with Gasteiger partial charge in [-0.25, -0.2) is 0 Å². The summed E-state index contributed by atoms with van der Waals surface area (Å²) >= 11 is 0. The number of aryl methyl sites for hydroxylation is 1. The van der Waals surface area contributed by atoms with E-state index in [1.165, 1.54) is 0 Å². The van der Waals surface area contributed by atoms with Crippen LogP contribution in [0.2, 0.25) is 0 Å². The molecule has 0 unspecified atom stereocenters. The van der Waals surface area contributed by atoms with Gasteiger partial charge < -0.3 is 14.3 Å². The molecule has 0 N–H and O–H groups in total. The maximum Gasteiger partial charge on any atom is 0.236 e. The average molecular weight is 334 g/mol. The second-order valence-corrected chi connectivity index (χ2v) is 8.29. The minimum Gasteiger partial charge on any atom is -0.341 e. The molecule has 1 aromatic heterocycles. The fourth-order valence-electron chi connectivity index (χ4n) is 4.35. The number of hydrogen-bond donors (Lipinski definition) is 0. The Balaban J connectivity index is 1.91. The number of hydrogen-bond acceptors (Lipinski definition) is 5. The SMILES string of the molecule is Cc1noc([C@]23CN(CC(C)C)CC[C@H]2CN(C(=O)C(C)C)C3)n1. The molecule has 2 aliphatic rings. The number of aromatic nitrogens is 2. The molecule has 6 nitrogen and oxygen atoms in total. The van der Waals surface area contributed by atoms with Gasteiger partial charge in [0.1, 0.15) is 0 Å². The zero-order valence-electron chi connectivity index (χ0n) is 15.6. The van der Waals surface area contributed by atoms with E-state index in [-0.39, 0.29) is 17.2 Å². The van der Waals surface area contributed by atoms with Gasteiger partial charge in [0.05, 0.1) is 5.41 Å². The zero-order chi connectivity index (χ0) is 17.5. The van der Waals surface area contributed by atoms with Crippen LogP contribution < -0.4 is 0 Å². The molecule has 2 aliphatic heterocycles. The fourth-order valence-corrected chi connectivity index (χ4v) is 4.35. The van der Waals surface area contributed by atoms with Gasteiger partial charge in [0.15, 0.2) is 5.82 Å². The summed E-state index contributed by atoms with van der Waals surface area (Å²) in [5.41, 5.74) is -0.209. The second-order valence-electron chi connectivity index (χ2n) is 8.29. The number of carbonyl (C=O) groups excluding carboxylic acids is 1. The highest BCUT2D eigenvalue weighted by Crippen LogP contribution is 2.44. The zero-order valence-corrected chi connectivity index (χ0v) is 15.6. The summed E-state index contributed by atoms with van der Waals surface area (Å²) in [5, 5.41) is 4.03. The Hall–Kier alpha value is -1.43. The highest BCUT2D eigenvalue weighted by atomic mass is 16.5. The molecular weight excluding hydrogens is 304 g/mol. The summed E-state index contributed by atoms with van der Waals surface area (Å²) in [7, 11) is 0. The van der Waals surface area contributed by atoms with Crippen LogP contribution in [-0.4, -0.2) is 58.6 Å². The second kappa shape index (κ2) is 6.47. The largest absolute Gasteiger partial charge is 0.341 e. The van der Waals surface area contributed by atoms with E-state index in [9.17, 15) is 4.79 Å². The van der Waals surface area contributed by atoms with Crippen molar-refractivity contribution in [3.63, 3.8) is 0 Å². The molecule has 6 heteroatoms. The van der Waals surface area contributed by atoms with E-state index in [1.54, 1.807) is 0 Å². The lowest BCUT2D eigenvalue weighted by Crippen LogP contribution is -2.52. The van der Waals surface area contributed by atoms with E-state index < -0.39 is 0 Å². The molecule has 0 spiro atoms. The van der Waals surface area contributed by atoms with Gasteiger partial charge in [-0.15, -0.1) is 0 Å². The van der Waals surface area contributed by atoms with Gasteiger partial charge in [0, 0.05) is 32.1 Å². The van der Waals surface area contributed by atoms with E-state index in [0.717, 1.165) is 38.5 Å². The van der Waals surface area contributed by atoms with Gasteiger partial charge in [-0.3, -0.25) is 4.79 Å². The van der Waals surface area contributed by atoms with Crippen molar-refractivity contribution in [2.75, 3.05) is 32.7 Å². The first kappa shape index (κ1) is 17.4. The Morgan fingerprint density at radius 2 is 2.08 bits per heavy atom. The van der Waals surface area contributed by atoms with Gasteiger partial charge in [-0.2, -0.15) is 4.98 Å². The summed E-state index contributed by atoms with van der Waals surface area (Å²) in [5.74, 6) is 2.68. The molecule has 3 heterocycles. The number of rotatable bonds is 4. The minimum atomic E-state index is -0.209. The standard InChI is InChI=1S/C18H30N4O2/c1-12(2)8-21-7-6-15-9-22(16(23)13(3)4)11-18(15,10-21)17-19-14(5)20-24-17/h12-13,15H,6-11H2,1-5H3/t15-,18-/m0/s1. The van der Waals surface area contributed by atoms with Crippen molar-refractivity contribution in [2.24, 2.45) is 17.8 Å². The molecule has 2 fully saturated rings. The third-order valence-electron chi connectivity index (χ3n) is 5.38. The summed E-state index contributed by atoms with van der Waals surface area (Å²) < 4.78 is 5.62. The van der Waals surface area contributed by atoms with Gasteiger partial charge in [0.2, 0.25) is 11.8 Å². The van der Waals surface area contributed by atoms with Crippen LogP contribution in [0.4, 0.5) is 0 Å². The van der Waals surface area contributed by atoms with Crippen molar-refractivity contribution >= 4 is 5.91 Å². The summed E-state index contributed by atoms with van der Waals surface area (Å²) in [6.45, 7) is 14.9. The lowest BCUT2D eigenvalue weighted by Gasteiger charge is -2.42. The molecule has 134 valence electrons. The van der Waals surface area contributed by atoms with Gasteiger partial charge in [-0.1, -0.05) is 32.9 Å². The van der Waals surface area contributed by atoms with E-state index in [0.29, 0.717) is 24.2 Å². The molecule has 0 radical (unpaired) electrons. The predicted octanol–water partition coefficient (Wildman–Crippen LogP) is 2.09. The average Bonchev–Trinajstić information content (AvgIpc) is 3.09. The number of piperidine rings is 1. The maximum absolute atomic E-state index is 12.6. The Morgan fingerprint density at radius 3 is 2.67 bits per heavy atom. The van der Waals surface area contributed by atoms with Gasteiger partial charge in [0.25, 0.3) is 0 Å². The van der Waals surface area contributed by atoms with Gasteiger partial charge >= 0.3 is 0 Å². The normalized spacial score (nSPS) is 28.0. The molecule has 24 heavy (non-hydrogen) atoms. The van der Waals surface area contributed by atoms with E-state index in [4.69, 9.17) is 4.52 Å². The number of fused-ring (bicyclic) bond motifs is 1. The molecular formula is C18H30N4O2. The van der Waals surface area contributed by atoms with E-state index in [2.05, 4.69) is 28.9 Å². The minimum absolute atomic E-state index is 0.0263. The molecule has 0 saturated carbocycles. The van der Waals surface area contributed by atoms with Crippen molar-refractivity contribution in [3.05, 3.63) is 11.7 Å². The van der Waals surface area contributed by atoms with Crippen LogP contribution in [0, 0.1) is 24.7 Å². The van der Waals surface area contributed by atoms with Gasteiger partial charge in [-0.05, 0) is 31.7 Å². The first-order valence-electron chi connectivity index (χ1n) is 9.13. The van der Waals surface area contributed by atoms with Crippen LogP contribution in [0.5, 0.6) is 0 Å². The van der Waals surface area contributed by atoms with Crippen molar-refractivity contribution < 1.29 is 9.32 Å². The summed E-state index contributed by atoms with van der Waals surface area (Å²) in [4.78, 5) is 21.7. The molecule has 0 bridgehead atoms. The molecule has 2 atom stereocenters. The van der Waals surface area contributed by atoms with Crippen molar-refractivity contribution in [3.8, 4) is 0 Å². The summed E-state index contributed by atoms with van der Waals surface area (Å²) in [6.07, 6.45) is 1.08. The van der Waals surface area contributed by atoms with E-state index in [1.807, 2.05) is 25.7 Å². The van der Waals surface area contributed by atoms with Crippen molar-refractivity contribution in [1.82, 2.24) is 19.9 Å². The summed E-state index contributed by atoms with van der Waals surface area (Å²) in [6, 6.07) is 0. The third kappa shape index (κ3) is 3.08. The number of amides is 1. The molecule has 0 aliphatic carbocycles. The Labute approximate surface area is 144 Å². The molecule has 2 saturated heterocycles. The topological polar surface area (TPSA) is 62.5 Å². The first-order valence-corrected chi connectivity index (χ1v) is 9.13. The van der Waals surface area contributed by atoms with E-state index >= 15 is 0 Å². The fraction of sp³-hybridized carbons (Fsp3) is 0.833. The molecule has 0 aromatic carbocycles. The lowest BCUT2D eigenvalue weighted by atomic mass is 9.73. The smallest absolute Gasteiger partial charge is 0.236 e. The third-order valence-corrected chi connectivity index (χ3v) is 5.38. The van der Waals surface area contributed by atoms with Crippen LogP contribution >= 0.6 is 0 Å². The van der Waals surface area contributed by atoms with Crippen LogP contribution in [0.25, 0.3) is 0 Å². The Bertz CT molecular complexity index is 598. The molecule has 3 rings (SSSR count). The Morgan fingerprint density at radius 1 is 1.33 bits per heavy atom. The Kier molecular flexibility index (Phi) is 4.69. The van der Waals surface area contributed by atoms with Crippen LogP contribution in [0.1, 0.15) is 45.8 Å². The number of nitrogens with zero attached hydrogens (tertiary/aromatic N) is 4. The maximum atomic E-state index is 12.6. The van der Waals surface area contributed by atoms with Crippen LogP contribution in [0.15, 0.2) is 4.52 Å². The quantitative estimate of drug-likeness (QED) is 0.844. The lowest BCUT2D eigenvalue weighted by molar-refractivity contribution is -0.133. The van der Waals surface area contributed by atoms with Crippen LogP contribution in [-0.2, 0) is 10.2 Å². The molecule has 1 aromatic rings. The number of likely N-dealkylation sites (tertiary alicyclic amines) is 2. The first-order chi connectivity index (χ1) is 11.3.